The Balaban J connectivity index is 1.90. The zero-order valence-electron chi connectivity index (χ0n) is 9.20. The molecule has 2 N–H and O–H groups in total. The molecule has 1 heterocycles. The van der Waals surface area contributed by atoms with Crippen molar-refractivity contribution < 1.29 is 4.39 Å². The fraction of sp³-hybridized carbons (Fsp3) is 0.231. The van der Waals surface area contributed by atoms with E-state index in [0.29, 0.717) is 0 Å². The van der Waals surface area contributed by atoms with Crippen LogP contribution in [0.5, 0.6) is 0 Å². The SMILES string of the molecule is CC(NCc1ccc(F)cc1)c1ccc[nH]1. The normalized spacial score (nSPS) is 12.6. The second kappa shape index (κ2) is 4.94. The summed E-state index contributed by atoms with van der Waals surface area (Å²) in [4.78, 5) is 3.16. The largest absolute Gasteiger partial charge is 0.364 e. The van der Waals surface area contributed by atoms with Crippen LogP contribution in [0.25, 0.3) is 0 Å². The molecule has 0 aliphatic rings. The van der Waals surface area contributed by atoms with E-state index in [9.17, 15) is 4.39 Å². The molecular formula is C13H15FN2. The van der Waals surface area contributed by atoms with Crippen molar-refractivity contribution in [1.29, 1.82) is 0 Å². The van der Waals surface area contributed by atoms with Gasteiger partial charge < -0.3 is 10.3 Å². The maximum Gasteiger partial charge on any atom is 0.123 e. The highest BCUT2D eigenvalue weighted by Gasteiger charge is 2.04. The first kappa shape index (κ1) is 10.9. The van der Waals surface area contributed by atoms with Gasteiger partial charge in [-0.15, -0.1) is 0 Å². The Morgan fingerprint density at radius 3 is 2.62 bits per heavy atom. The van der Waals surface area contributed by atoms with E-state index in [2.05, 4.69) is 17.2 Å². The van der Waals surface area contributed by atoms with E-state index in [0.717, 1.165) is 17.8 Å². The minimum absolute atomic E-state index is 0.193. The minimum atomic E-state index is -0.193. The lowest BCUT2D eigenvalue weighted by molar-refractivity contribution is 0.562. The number of aromatic nitrogens is 1. The highest BCUT2D eigenvalue weighted by atomic mass is 19.1. The zero-order valence-corrected chi connectivity index (χ0v) is 9.20. The molecule has 1 atom stereocenters. The molecule has 1 unspecified atom stereocenters. The molecule has 1 aromatic heterocycles. The third kappa shape index (κ3) is 2.70. The molecule has 0 fully saturated rings. The van der Waals surface area contributed by atoms with Crippen molar-refractivity contribution in [2.45, 2.75) is 19.5 Å². The molecule has 0 radical (unpaired) electrons. The van der Waals surface area contributed by atoms with Crippen LogP contribution in [0.1, 0.15) is 24.2 Å². The second-order valence-electron chi connectivity index (χ2n) is 3.85. The Kier molecular flexibility index (Phi) is 3.37. The Bertz CT molecular complexity index is 420. The van der Waals surface area contributed by atoms with E-state index in [1.807, 2.05) is 18.3 Å². The van der Waals surface area contributed by atoms with Crippen molar-refractivity contribution in [3.8, 4) is 0 Å². The first-order valence-corrected chi connectivity index (χ1v) is 5.37. The van der Waals surface area contributed by atoms with Gasteiger partial charge in [0.25, 0.3) is 0 Å². The monoisotopic (exact) mass is 218 g/mol. The van der Waals surface area contributed by atoms with Gasteiger partial charge in [-0.1, -0.05) is 12.1 Å². The molecule has 84 valence electrons. The van der Waals surface area contributed by atoms with Gasteiger partial charge in [-0.05, 0) is 36.8 Å². The molecular weight excluding hydrogens is 203 g/mol. The van der Waals surface area contributed by atoms with Crippen LogP contribution in [0.3, 0.4) is 0 Å². The molecule has 0 aliphatic heterocycles. The highest BCUT2D eigenvalue weighted by Crippen LogP contribution is 2.10. The predicted octanol–water partition coefficient (Wildman–Crippen LogP) is 3.00. The van der Waals surface area contributed by atoms with Crippen molar-refractivity contribution in [3.63, 3.8) is 0 Å². The molecule has 1 aromatic carbocycles. The van der Waals surface area contributed by atoms with Crippen molar-refractivity contribution in [3.05, 3.63) is 59.7 Å². The highest BCUT2D eigenvalue weighted by molar-refractivity contribution is 5.16. The van der Waals surface area contributed by atoms with Gasteiger partial charge in [0.05, 0.1) is 0 Å². The molecule has 0 spiro atoms. The maximum atomic E-state index is 12.7. The molecule has 2 aromatic rings. The molecule has 0 saturated heterocycles. The molecule has 0 saturated carbocycles. The lowest BCUT2D eigenvalue weighted by atomic mass is 10.2. The number of benzene rings is 1. The van der Waals surface area contributed by atoms with E-state index in [-0.39, 0.29) is 11.9 Å². The molecule has 2 rings (SSSR count). The summed E-state index contributed by atoms with van der Waals surface area (Å²) in [6.07, 6.45) is 1.91. The van der Waals surface area contributed by atoms with Gasteiger partial charge in [-0.3, -0.25) is 0 Å². The first-order valence-electron chi connectivity index (χ1n) is 5.37. The number of aromatic amines is 1. The smallest absolute Gasteiger partial charge is 0.123 e. The third-order valence-electron chi connectivity index (χ3n) is 2.61. The van der Waals surface area contributed by atoms with Crippen LogP contribution in [0.15, 0.2) is 42.6 Å². The standard InChI is InChI=1S/C13H15FN2/c1-10(13-3-2-8-15-13)16-9-11-4-6-12(14)7-5-11/h2-8,10,15-16H,9H2,1H3. The lowest BCUT2D eigenvalue weighted by Crippen LogP contribution is -2.18. The van der Waals surface area contributed by atoms with Crippen LogP contribution in [-0.4, -0.2) is 4.98 Å². The van der Waals surface area contributed by atoms with E-state index >= 15 is 0 Å². The Morgan fingerprint density at radius 2 is 2.00 bits per heavy atom. The summed E-state index contributed by atoms with van der Waals surface area (Å²) in [5.41, 5.74) is 2.24. The van der Waals surface area contributed by atoms with Crippen LogP contribution >= 0.6 is 0 Å². The van der Waals surface area contributed by atoms with Gasteiger partial charge in [0.2, 0.25) is 0 Å². The molecule has 0 amide bonds. The number of hydrogen-bond acceptors (Lipinski definition) is 1. The van der Waals surface area contributed by atoms with Crippen LogP contribution < -0.4 is 5.32 Å². The van der Waals surface area contributed by atoms with Gasteiger partial charge in [0.15, 0.2) is 0 Å². The van der Waals surface area contributed by atoms with E-state index in [1.54, 1.807) is 12.1 Å². The average Bonchev–Trinajstić information content (AvgIpc) is 2.81. The van der Waals surface area contributed by atoms with Crippen molar-refractivity contribution in [2.24, 2.45) is 0 Å². The fourth-order valence-corrected chi connectivity index (χ4v) is 1.60. The van der Waals surface area contributed by atoms with Gasteiger partial charge in [0.1, 0.15) is 5.82 Å². The second-order valence-corrected chi connectivity index (χ2v) is 3.85. The molecule has 0 bridgehead atoms. The predicted molar refractivity (Wildman–Crippen MR) is 62.4 cm³/mol. The van der Waals surface area contributed by atoms with Crippen molar-refractivity contribution in [1.82, 2.24) is 10.3 Å². The average molecular weight is 218 g/mol. The summed E-state index contributed by atoms with van der Waals surface area (Å²) in [6.45, 7) is 2.83. The van der Waals surface area contributed by atoms with E-state index in [4.69, 9.17) is 0 Å². The Hall–Kier alpha value is -1.61. The first-order chi connectivity index (χ1) is 7.75. The maximum absolute atomic E-state index is 12.7. The molecule has 16 heavy (non-hydrogen) atoms. The summed E-state index contributed by atoms with van der Waals surface area (Å²) in [6, 6.07) is 10.8. The Labute approximate surface area is 94.5 Å². The number of halogens is 1. The van der Waals surface area contributed by atoms with Gasteiger partial charge in [-0.2, -0.15) is 0 Å². The van der Waals surface area contributed by atoms with Crippen LogP contribution in [-0.2, 0) is 6.54 Å². The summed E-state index contributed by atoms with van der Waals surface area (Å²) in [7, 11) is 0. The number of H-pyrrole nitrogens is 1. The van der Waals surface area contributed by atoms with E-state index < -0.39 is 0 Å². The molecule has 2 nitrogen and oxygen atoms in total. The lowest BCUT2D eigenvalue weighted by Gasteiger charge is -2.12. The van der Waals surface area contributed by atoms with Crippen LogP contribution in [0.4, 0.5) is 4.39 Å². The topological polar surface area (TPSA) is 27.8 Å². The van der Waals surface area contributed by atoms with Crippen LogP contribution in [0.2, 0.25) is 0 Å². The van der Waals surface area contributed by atoms with Crippen molar-refractivity contribution in [2.75, 3.05) is 0 Å². The third-order valence-corrected chi connectivity index (χ3v) is 2.61. The number of hydrogen-bond donors (Lipinski definition) is 2. The Morgan fingerprint density at radius 1 is 1.25 bits per heavy atom. The van der Waals surface area contributed by atoms with E-state index in [1.165, 1.54) is 12.1 Å². The zero-order chi connectivity index (χ0) is 11.4. The van der Waals surface area contributed by atoms with Crippen molar-refractivity contribution >= 4 is 0 Å². The van der Waals surface area contributed by atoms with Crippen LogP contribution in [0, 0.1) is 5.82 Å². The summed E-state index contributed by atoms with van der Waals surface area (Å²) < 4.78 is 12.7. The fourth-order valence-electron chi connectivity index (χ4n) is 1.60. The van der Waals surface area contributed by atoms with Gasteiger partial charge >= 0.3 is 0 Å². The molecule has 0 aliphatic carbocycles. The summed E-state index contributed by atoms with van der Waals surface area (Å²) >= 11 is 0. The molecule has 3 heteroatoms. The number of rotatable bonds is 4. The minimum Gasteiger partial charge on any atom is -0.364 e. The quantitative estimate of drug-likeness (QED) is 0.811. The summed E-state index contributed by atoms with van der Waals surface area (Å²) in [5, 5.41) is 3.37. The van der Waals surface area contributed by atoms with Gasteiger partial charge in [-0.25, -0.2) is 4.39 Å². The number of nitrogens with one attached hydrogen (secondary N) is 2. The van der Waals surface area contributed by atoms with Gasteiger partial charge in [0, 0.05) is 24.5 Å². The summed E-state index contributed by atoms with van der Waals surface area (Å²) in [5.74, 6) is -0.193.